The summed E-state index contributed by atoms with van der Waals surface area (Å²) in [7, 11) is 0. The number of aromatic hydroxyl groups is 2. The molecular weight excluding hydrogens is 426 g/mol. The Kier molecular flexibility index (Phi) is 6.32. The summed E-state index contributed by atoms with van der Waals surface area (Å²) < 4.78 is 0. The number of hydrogen-bond acceptors (Lipinski definition) is 5. The molecule has 3 N–H and O–H groups in total. The largest absolute Gasteiger partial charge is 0.508 e. The summed E-state index contributed by atoms with van der Waals surface area (Å²) >= 11 is 0. The smallest absolute Gasteiger partial charge is 0.272 e. The highest BCUT2D eigenvalue weighted by Crippen LogP contribution is 2.27. The highest BCUT2D eigenvalue weighted by Gasteiger charge is 2.15. The molecule has 0 radical (unpaired) electrons. The number of nitrogens with zero attached hydrogens (tertiary/aromatic N) is 2. The minimum absolute atomic E-state index is 0.00240. The first-order chi connectivity index (χ1) is 16.2. The number of benzene rings is 3. The summed E-state index contributed by atoms with van der Waals surface area (Å²) in [5, 5.41) is 24.7. The monoisotopic (exact) mass is 453 g/mol. The Morgan fingerprint density at radius 2 is 1.68 bits per heavy atom. The maximum Gasteiger partial charge on any atom is 0.272 e. The summed E-state index contributed by atoms with van der Waals surface area (Å²) in [4.78, 5) is 18.0. The van der Waals surface area contributed by atoms with Gasteiger partial charge in [-0.05, 0) is 61.7 Å². The molecule has 0 aliphatic heterocycles. The lowest BCUT2D eigenvalue weighted by Crippen LogP contribution is -2.20. The summed E-state index contributed by atoms with van der Waals surface area (Å²) in [6, 6.07) is 19.9. The van der Waals surface area contributed by atoms with E-state index in [1.807, 2.05) is 37.3 Å². The van der Waals surface area contributed by atoms with Gasteiger partial charge in [0, 0.05) is 16.5 Å². The van der Waals surface area contributed by atoms with E-state index in [4.69, 9.17) is 4.98 Å². The zero-order chi connectivity index (χ0) is 24.4. The Balaban J connectivity index is 1.73. The van der Waals surface area contributed by atoms with Gasteiger partial charge >= 0.3 is 0 Å². The van der Waals surface area contributed by atoms with Gasteiger partial charge in [-0.1, -0.05) is 49.7 Å². The number of aromatic nitrogens is 1. The Morgan fingerprint density at radius 3 is 2.38 bits per heavy atom. The number of fused-ring (bicyclic) bond motifs is 1. The van der Waals surface area contributed by atoms with Gasteiger partial charge in [-0.25, -0.2) is 10.4 Å². The zero-order valence-corrected chi connectivity index (χ0v) is 19.6. The van der Waals surface area contributed by atoms with Gasteiger partial charge in [-0.3, -0.25) is 4.79 Å². The number of hydrogen-bond donors (Lipinski definition) is 3. The van der Waals surface area contributed by atoms with Crippen LogP contribution in [-0.4, -0.2) is 26.8 Å². The number of aryl methyl sites for hydroxylation is 1. The second kappa shape index (κ2) is 9.35. The molecule has 34 heavy (non-hydrogen) atoms. The number of carbonyl (C=O) groups excluding carboxylic acids is 1. The fraction of sp³-hybridized carbons (Fsp3) is 0.179. The predicted molar refractivity (Wildman–Crippen MR) is 135 cm³/mol. The van der Waals surface area contributed by atoms with Crippen LogP contribution in [0.3, 0.4) is 0 Å². The topological polar surface area (TPSA) is 94.8 Å². The number of rotatable bonds is 5. The maximum absolute atomic E-state index is 13.2. The third-order valence-corrected chi connectivity index (χ3v) is 5.78. The van der Waals surface area contributed by atoms with Crippen molar-refractivity contribution < 1.29 is 15.0 Å². The van der Waals surface area contributed by atoms with Crippen LogP contribution in [0.15, 0.2) is 71.8 Å². The predicted octanol–water partition coefficient (Wildman–Crippen LogP) is 5.90. The van der Waals surface area contributed by atoms with Crippen LogP contribution >= 0.6 is 0 Å². The quantitative estimate of drug-likeness (QED) is 0.199. The van der Waals surface area contributed by atoms with E-state index in [-0.39, 0.29) is 11.5 Å². The van der Waals surface area contributed by atoms with Crippen LogP contribution in [0, 0.1) is 6.92 Å². The summed E-state index contributed by atoms with van der Waals surface area (Å²) in [6.45, 7) is 7.90. The highest BCUT2D eigenvalue weighted by molar-refractivity contribution is 6.08. The lowest BCUT2D eigenvalue weighted by Gasteiger charge is -2.11. The van der Waals surface area contributed by atoms with Gasteiger partial charge in [0.2, 0.25) is 0 Å². The molecule has 0 atom stereocenters. The van der Waals surface area contributed by atoms with Gasteiger partial charge in [0.05, 0.1) is 22.5 Å². The first kappa shape index (κ1) is 23.0. The Labute approximate surface area is 198 Å². The van der Waals surface area contributed by atoms with Crippen molar-refractivity contribution in [3.63, 3.8) is 0 Å². The minimum atomic E-state index is -0.392. The Morgan fingerprint density at radius 1 is 0.941 bits per heavy atom. The molecule has 1 aromatic heterocycles. The van der Waals surface area contributed by atoms with Crippen LogP contribution in [0.1, 0.15) is 53.7 Å². The number of phenols is 2. The summed E-state index contributed by atoms with van der Waals surface area (Å²) in [6.07, 6.45) is 0. The van der Waals surface area contributed by atoms with Crippen LogP contribution in [-0.2, 0) is 0 Å². The standard InChI is InChI=1S/C28H27N3O3/c1-16(2)19-6-8-20(9-7-19)26-15-24(23-13-17(3)5-11-25(23)29-26)28(34)31-30-18(4)22-14-21(32)10-12-27(22)33/h5-16,32-33H,1-4H3,(H,31,34). The van der Waals surface area contributed by atoms with Gasteiger partial charge in [-0.2, -0.15) is 5.10 Å². The lowest BCUT2D eigenvalue weighted by molar-refractivity contribution is 0.0956. The molecule has 3 aromatic carbocycles. The van der Waals surface area contributed by atoms with E-state index in [9.17, 15) is 15.0 Å². The van der Waals surface area contributed by atoms with Crippen molar-refractivity contribution in [3.8, 4) is 22.8 Å². The molecule has 6 nitrogen and oxygen atoms in total. The Hall–Kier alpha value is -4.19. The van der Waals surface area contributed by atoms with Gasteiger partial charge in [0.15, 0.2) is 0 Å². The lowest BCUT2D eigenvalue weighted by atomic mass is 9.99. The molecule has 1 amide bonds. The SMILES string of the molecule is CC(=NNC(=O)c1cc(-c2ccc(C(C)C)cc2)nc2ccc(C)cc12)c1cc(O)ccc1O. The molecule has 0 fully saturated rings. The normalized spacial score (nSPS) is 11.7. The van der Waals surface area contributed by atoms with Crippen molar-refractivity contribution in [3.05, 3.63) is 89.0 Å². The molecule has 0 saturated heterocycles. The molecule has 6 heteroatoms. The van der Waals surface area contributed by atoms with E-state index in [1.165, 1.54) is 23.8 Å². The number of hydrazone groups is 1. The second-order valence-corrected chi connectivity index (χ2v) is 8.69. The molecular formula is C28H27N3O3. The van der Waals surface area contributed by atoms with E-state index < -0.39 is 5.91 Å². The second-order valence-electron chi connectivity index (χ2n) is 8.69. The van der Waals surface area contributed by atoms with Gasteiger partial charge < -0.3 is 10.2 Å². The van der Waals surface area contributed by atoms with Crippen molar-refractivity contribution in [2.75, 3.05) is 0 Å². The molecule has 0 unspecified atom stereocenters. The van der Waals surface area contributed by atoms with Crippen LogP contribution in [0.2, 0.25) is 0 Å². The van der Waals surface area contributed by atoms with Gasteiger partial charge in [0.25, 0.3) is 5.91 Å². The van der Waals surface area contributed by atoms with Crippen LogP contribution in [0.25, 0.3) is 22.2 Å². The number of phenolic OH excluding ortho intramolecular Hbond substituents is 2. The van der Waals surface area contributed by atoms with Crippen molar-refractivity contribution >= 4 is 22.5 Å². The zero-order valence-electron chi connectivity index (χ0n) is 19.6. The van der Waals surface area contributed by atoms with Crippen molar-refractivity contribution in [1.29, 1.82) is 0 Å². The third-order valence-electron chi connectivity index (χ3n) is 5.78. The molecule has 4 rings (SSSR count). The van der Waals surface area contributed by atoms with Crippen LogP contribution in [0.5, 0.6) is 11.5 Å². The fourth-order valence-electron chi connectivity index (χ4n) is 3.78. The van der Waals surface area contributed by atoms with Crippen molar-refractivity contribution in [2.45, 2.75) is 33.6 Å². The van der Waals surface area contributed by atoms with Crippen LogP contribution in [0.4, 0.5) is 0 Å². The third kappa shape index (κ3) is 4.76. The molecule has 4 aromatic rings. The number of carbonyl (C=O) groups is 1. The van der Waals surface area contributed by atoms with E-state index in [0.717, 1.165) is 16.5 Å². The number of nitrogens with one attached hydrogen (secondary N) is 1. The molecule has 1 heterocycles. The summed E-state index contributed by atoms with van der Waals surface area (Å²) in [5.41, 5.74) is 8.32. The molecule has 172 valence electrons. The van der Waals surface area contributed by atoms with E-state index >= 15 is 0 Å². The maximum atomic E-state index is 13.2. The molecule has 0 aliphatic carbocycles. The van der Waals surface area contributed by atoms with Gasteiger partial charge in [-0.15, -0.1) is 0 Å². The van der Waals surface area contributed by atoms with Gasteiger partial charge in [0.1, 0.15) is 11.5 Å². The summed E-state index contributed by atoms with van der Waals surface area (Å²) in [5.74, 6) is -0.00476. The number of amides is 1. The first-order valence-electron chi connectivity index (χ1n) is 11.1. The molecule has 0 bridgehead atoms. The number of pyridine rings is 1. The molecule has 0 saturated carbocycles. The van der Waals surface area contributed by atoms with E-state index in [2.05, 4.69) is 36.5 Å². The molecule has 0 aliphatic rings. The van der Waals surface area contributed by atoms with Crippen LogP contribution < -0.4 is 5.43 Å². The minimum Gasteiger partial charge on any atom is -0.508 e. The van der Waals surface area contributed by atoms with E-state index in [1.54, 1.807) is 13.0 Å². The van der Waals surface area contributed by atoms with Crippen molar-refractivity contribution in [2.24, 2.45) is 5.10 Å². The average Bonchev–Trinajstić information content (AvgIpc) is 2.83. The van der Waals surface area contributed by atoms with E-state index in [0.29, 0.717) is 34.0 Å². The first-order valence-corrected chi connectivity index (χ1v) is 11.1. The fourth-order valence-corrected chi connectivity index (χ4v) is 3.78. The molecule has 0 spiro atoms. The Bertz CT molecular complexity index is 1410. The average molecular weight is 454 g/mol. The highest BCUT2D eigenvalue weighted by atomic mass is 16.3. The van der Waals surface area contributed by atoms with Crippen molar-refractivity contribution in [1.82, 2.24) is 10.4 Å².